The summed E-state index contributed by atoms with van der Waals surface area (Å²) in [6.07, 6.45) is 0. The van der Waals surface area contributed by atoms with Crippen molar-refractivity contribution in [2.75, 3.05) is 26.2 Å². The van der Waals surface area contributed by atoms with Crippen LogP contribution in [0.3, 0.4) is 0 Å². The zero-order valence-electron chi connectivity index (χ0n) is 14.8. The minimum absolute atomic E-state index is 0.0333. The van der Waals surface area contributed by atoms with Gasteiger partial charge in [0.2, 0.25) is 20.0 Å². The molecular formula is C18H18ClN3O4S2. The van der Waals surface area contributed by atoms with Crippen LogP contribution in [0.1, 0.15) is 11.1 Å². The molecule has 7 nitrogen and oxygen atoms in total. The first kappa shape index (κ1) is 20.8. The standard InChI is InChI=1S/C18H18ClN3O4S2/c19-18-7-6-17(12-16(18)13-20)28(25,26)22-10-8-21(9-11-22)27(23,24)14-15-4-2-1-3-5-15/h1-7,12H,8-11,14H2. The van der Waals surface area contributed by atoms with Gasteiger partial charge in [-0.05, 0) is 23.8 Å². The third kappa shape index (κ3) is 4.37. The fourth-order valence-electron chi connectivity index (χ4n) is 2.96. The van der Waals surface area contributed by atoms with Crippen molar-refractivity contribution in [2.24, 2.45) is 0 Å². The Morgan fingerprint density at radius 2 is 1.54 bits per heavy atom. The maximum absolute atomic E-state index is 12.8. The van der Waals surface area contributed by atoms with E-state index in [2.05, 4.69) is 0 Å². The number of halogens is 1. The van der Waals surface area contributed by atoms with Crippen molar-refractivity contribution in [2.45, 2.75) is 10.6 Å². The van der Waals surface area contributed by atoms with Gasteiger partial charge in [0.15, 0.2) is 0 Å². The van der Waals surface area contributed by atoms with Gasteiger partial charge in [-0.2, -0.15) is 13.9 Å². The predicted molar refractivity (Wildman–Crippen MR) is 106 cm³/mol. The van der Waals surface area contributed by atoms with Gasteiger partial charge in [-0.25, -0.2) is 16.8 Å². The van der Waals surface area contributed by atoms with Crippen LogP contribution in [0.25, 0.3) is 0 Å². The molecule has 1 aliphatic heterocycles. The van der Waals surface area contributed by atoms with Crippen LogP contribution in [0.15, 0.2) is 53.4 Å². The summed E-state index contributed by atoms with van der Waals surface area (Å²) in [6, 6.07) is 14.7. The van der Waals surface area contributed by atoms with Gasteiger partial charge in [-0.3, -0.25) is 0 Å². The first-order valence-corrected chi connectivity index (χ1v) is 11.9. The Labute approximate surface area is 169 Å². The molecule has 28 heavy (non-hydrogen) atoms. The van der Waals surface area contributed by atoms with Crippen molar-refractivity contribution in [1.29, 1.82) is 5.26 Å². The third-order valence-corrected chi connectivity index (χ3v) is 8.55. The Balaban J connectivity index is 1.72. The lowest BCUT2D eigenvalue weighted by molar-refractivity contribution is 0.272. The van der Waals surface area contributed by atoms with Crippen molar-refractivity contribution in [3.8, 4) is 6.07 Å². The van der Waals surface area contributed by atoms with E-state index < -0.39 is 20.0 Å². The smallest absolute Gasteiger partial charge is 0.212 e. The molecule has 3 rings (SSSR count). The molecule has 1 heterocycles. The van der Waals surface area contributed by atoms with Crippen molar-refractivity contribution in [3.05, 3.63) is 64.7 Å². The molecule has 0 spiro atoms. The molecule has 0 radical (unpaired) electrons. The van der Waals surface area contributed by atoms with E-state index in [0.29, 0.717) is 5.56 Å². The van der Waals surface area contributed by atoms with E-state index >= 15 is 0 Å². The van der Waals surface area contributed by atoms with Crippen molar-refractivity contribution < 1.29 is 16.8 Å². The van der Waals surface area contributed by atoms with Crippen LogP contribution in [0, 0.1) is 11.3 Å². The highest BCUT2D eigenvalue weighted by atomic mass is 35.5. The minimum atomic E-state index is -3.84. The van der Waals surface area contributed by atoms with E-state index in [1.165, 1.54) is 26.8 Å². The fourth-order valence-corrected chi connectivity index (χ4v) is 6.09. The monoisotopic (exact) mass is 439 g/mol. The van der Waals surface area contributed by atoms with E-state index in [9.17, 15) is 16.8 Å². The summed E-state index contributed by atoms with van der Waals surface area (Å²) in [5.74, 6) is -0.122. The van der Waals surface area contributed by atoms with E-state index in [-0.39, 0.29) is 47.4 Å². The van der Waals surface area contributed by atoms with Gasteiger partial charge >= 0.3 is 0 Å². The first-order valence-electron chi connectivity index (χ1n) is 8.45. The summed E-state index contributed by atoms with van der Waals surface area (Å²) in [5, 5.41) is 9.23. The normalized spacial score (nSPS) is 16.6. The summed E-state index contributed by atoms with van der Waals surface area (Å²) in [7, 11) is -7.37. The average Bonchev–Trinajstić information content (AvgIpc) is 2.68. The summed E-state index contributed by atoms with van der Waals surface area (Å²) >= 11 is 5.86. The number of hydrogen-bond acceptors (Lipinski definition) is 5. The second-order valence-corrected chi connectivity index (χ2v) is 10.6. The number of nitrogens with zero attached hydrogens (tertiary/aromatic N) is 3. The Morgan fingerprint density at radius 3 is 2.14 bits per heavy atom. The highest BCUT2D eigenvalue weighted by molar-refractivity contribution is 7.89. The molecule has 1 aliphatic rings. The lowest BCUT2D eigenvalue weighted by Crippen LogP contribution is -2.50. The average molecular weight is 440 g/mol. The van der Waals surface area contributed by atoms with Gasteiger partial charge in [0.05, 0.1) is 21.2 Å². The second kappa shape index (κ2) is 8.19. The third-order valence-electron chi connectivity index (χ3n) is 4.48. The molecule has 0 aromatic heterocycles. The Morgan fingerprint density at radius 1 is 0.929 bits per heavy atom. The van der Waals surface area contributed by atoms with Crippen molar-refractivity contribution >= 4 is 31.6 Å². The number of benzene rings is 2. The zero-order chi connectivity index (χ0) is 20.4. The van der Waals surface area contributed by atoms with Crippen molar-refractivity contribution in [1.82, 2.24) is 8.61 Å². The fraction of sp³-hybridized carbons (Fsp3) is 0.278. The first-order chi connectivity index (χ1) is 13.2. The summed E-state index contributed by atoms with van der Waals surface area (Å²) in [5.41, 5.74) is 0.759. The summed E-state index contributed by atoms with van der Waals surface area (Å²) < 4.78 is 53.4. The second-order valence-electron chi connectivity index (χ2n) is 6.30. The molecule has 2 aromatic carbocycles. The molecule has 0 N–H and O–H groups in total. The largest absolute Gasteiger partial charge is 0.243 e. The molecule has 0 unspecified atom stereocenters. The van der Waals surface area contributed by atoms with Gasteiger partial charge in [0, 0.05) is 26.2 Å². The molecule has 0 saturated carbocycles. The molecule has 2 aromatic rings. The predicted octanol–water partition coefficient (Wildman–Crippen LogP) is 2.05. The Hall–Kier alpha value is -1.96. The number of nitriles is 1. The molecule has 0 bridgehead atoms. The summed E-state index contributed by atoms with van der Waals surface area (Å²) in [4.78, 5) is -0.0333. The lowest BCUT2D eigenvalue weighted by Gasteiger charge is -2.33. The van der Waals surface area contributed by atoms with Crippen molar-refractivity contribution in [3.63, 3.8) is 0 Å². The number of piperazine rings is 1. The Kier molecular flexibility index (Phi) is 6.07. The number of hydrogen-bond donors (Lipinski definition) is 0. The molecule has 10 heteroatoms. The maximum Gasteiger partial charge on any atom is 0.243 e. The quantitative estimate of drug-likeness (QED) is 0.709. The zero-order valence-corrected chi connectivity index (χ0v) is 17.2. The molecule has 148 valence electrons. The van der Waals surface area contributed by atoms with Crippen LogP contribution < -0.4 is 0 Å². The molecule has 0 atom stereocenters. The van der Waals surface area contributed by atoms with Crippen LogP contribution in [-0.4, -0.2) is 51.6 Å². The lowest BCUT2D eigenvalue weighted by atomic mass is 10.2. The maximum atomic E-state index is 12.8. The summed E-state index contributed by atoms with van der Waals surface area (Å²) in [6.45, 7) is 0.238. The molecule has 1 saturated heterocycles. The molecule has 0 aliphatic carbocycles. The number of sulfonamides is 2. The topological polar surface area (TPSA) is 98.5 Å². The van der Waals surface area contributed by atoms with Crippen LogP contribution in [0.4, 0.5) is 0 Å². The SMILES string of the molecule is N#Cc1cc(S(=O)(=O)N2CCN(S(=O)(=O)Cc3ccccc3)CC2)ccc1Cl. The van der Waals surface area contributed by atoms with Crippen LogP contribution >= 0.6 is 11.6 Å². The highest BCUT2D eigenvalue weighted by Crippen LogP contribution is 2.24. The van der Waals surface area contributed by atoms with E-state index in [1.807, 2.05) is 12.1 Å². The minimum Gasteiger partial charge on any atom is -0.212 e. The number of rotatable bonds is 5. The van der Waals surface area contributed by atoms with Gasteiger partial charge in [0.1, 0.15) is 6.07 Å². The molecular weight excluding hydrogens is 422 g/mol. The van der Waals surface area contributed by atoms with Crippen LogP contribution in [0.5, 0.6) is 0 Å². The van der Waals surface area contributed by atoms with Gasteiger partial charge in [-0.15, -0.1) is 0 Å². The molecule has 1 fully saturated rings. The van der Waals surface area contributed by atoms with E-state index in [1.54, 1.807) is 24.3 Å². The highest BCUT2D eigenvalue weighted by Gasteiger charge is 2.33. The van der Waals surface area contributed by atoms with E-state index in [4.69, 9.17) is 16.9 Å². The molecule has 0 amide bonds. The van der Waals surface area contributed by atoms with Crippen LogP contribution in [-0.2, 0) is 25.8 Å². The van der Waals surface area contributed by atoms with Gasteiger partial charge < -0.3 is 0 Å². The van der Waals surface area contributed by atoms with Gasteiger partial charge in [0.25, 0.3) is 0 Å². The van der Waals surface area contributed by atoms with Crippen LogP contribution in [0.2, 0.25) is 5.02 Å². The van der Waals surface area contributed by atoms with E-state index in [0.717, 1.165) is 0 Å². The Bertz CT molecular complexity index is 1110. The van der Waals surface area contributed by atoms with Gasteiger partial charge in [-0.1, -0.05) is 41.9 Å².